The van der Waals surface area contributed by atoms with Gasteiger partial charge in [0.2, 0.25) is 0 Å². The molecule has 0 aliphatic rings. The normalized spacial score (nSPS) is 13.6. The number of hydrogen-bond acceptors (Lipinski definition) is 4. The maximum Gasteiger partial charge on any atom is 0.490 e. The number of benzene rings is 1. The molecule has 1 atom stereocenters. The van der Waals surface area contributed by atoms with Crippen molar-refractivity contribution >= 4 is 35.1 Å². The Morgan fingerprint density at radius 3 is 2.07 bits per heavy atom. The zero-order chi connectivity index (χ0) is 23.5. The van der Waals surface area contributed by atoms with Crippen LogP contribution in [0.3, 0.4) is 0 Å². The van der Waals surface area contributed by atoms with E-state index in [-0.39, 0.29) is 20.7 Å². The summed E-state index contributed by atoms with van der Waals surface area (Å²) in [7, 11) is 0. The van der Waals surface area contributed by atoms with Crippen LogP contribution in [0.4, 0.5) is 26.3 Å². The van der Waals surface area contributed by atoms with Crippen LogP contribution in [0.15, 0.2) is 18.2 Å². The van der Waals surface area contributed by atoms with E-state index in [9.17, 15) is 35.9 Å². The fourth-order valence-corrected chi connectivity index (χ4v) is 2.46. The first kappa shape index (κ1) is 26.2. The zero-order valence-corrected chi connectivity index (χ0v) is 17.3. The molecule has 0 saturated heterocycles. The van der Waals surface area contributed by atoms with Gasteiger partial charge in [0, 0.05) is 16.6 Å². The third-order valence-electron chi connectivity index (χ3n) is 3.51. The van der Waals surface area contributed by atoms with Gasteiger partial charge in [-0.2, -0.15) is 26.3 Å². The Hall–Kier alpha value is -1.88. The second kappa shape index (κ2) is 9.51. The minimum absolute atomic E-state index is 0.000608. The molecule has 0 saturated carbocycles. The molecule has 1 aromatic rings. The summed E-state index contributed by atoms with van der Waals surface area (Å²) in [5.41, 5.74) is -1.47. The molecule has 1 rings (SSSR count). The fraction of sp³-hybridized carbons (Fsp3) is 0.529. The number of hydrogen-bond donors (Lipinski definition) is 0. The van der Waals surface area contributed by atoms with Gasteiger partial charge in [-0.15, -0.1) is 0 Å². The largest absolute Gasteiger partial charge is 0.490 e. The predicted molar refractivity (Wildman–Crippen MR) is 95.4 cm³/mol. The van der Waals surface area contributed by atoms with E-state index in [0.29, 0.717) is 0 Å². The van der Waals surface area contributed by atoms with Crippen molar-refractivity contribution in [2.24, 2.45) is 0 Å². The van der Waals surface area contributed by atoms with E-state index in [1.807, 2.05) is 0 Å². The Labute approximate surface area is 177 Å². The molecule has 0 fully saturated rings. The van der Waals surface area contributed by atoms with E-state index in [0.717, 1.165) is 0 Å². The van der Waals surface area contributed by atoms with Crippen LogP contribution in [0.2, 0.25) is 10.0 Å². The number of halogens is 8. The number of amides is 1. The summed E-state index contributed by atoms with van der Waals surface area (Å²) in [6.07, 6.45) is -12.6. The molecule has 5 nitrogen and oxygen atoms in total. The molecule has 0 spiro atoms. The summed E-state index contributed by atoms with van der Waals surface area (Å²) < 4.78 is 86.1. The van der Waals surface area contributed by atoms with Crippen LogP contribution in [0.5, 0.6) is 5.75 Å². The van der Waals surface area contributed by atoms with Crippen molar-refractivity contribution in [3.63, 3.8) is 0 Å². The van der Waals surface area contributed by atoms with Crippen LogP contribution < -0.4 is 4.74 Å². The fourth-order valence-electron chi connectivity index (χ4n) is 2.13. The molecule has 1 aromatic carbocycles. The average Bonchev–Trinajstić information content (AvgIpc) is 2.56. The van der Waals surface area contributed by atoms with Crippen LogP contribution in [0.1, 0.15) is 20.8 Å². The first-order valence-corrected chi connectivity index (χ1v) is 8.93. The van der Waals surface area contributed by atoms with Gasteiger partial charge in [0.15, 0.2) is 6.10 Å². The van der Waals surface area contributed by atoms with E-state index < -0.39 is 49.0 Å². The number of nitrogens with zero attached hydrogens (tertiary/aromatic N) is 1. The molecule has 0 aliphatic carbocycles. The van der Waals surface area contributed by atoms with Gasteiger partial charge in [-0.05, 0) is 32.9 Å². The van der Waals surface area contributed by atoms with Gasteiger partial charge >= 0.3 is 24.2 Å². The predicted octanol–water partition coefficient (Wildman–Crippen LogP) is 5.04. The Bertz CT molecular complexity index is 777. The van der Waals surface area contributed by atoms with Crippen molar-refractivity contribution in [2.45, 2.75) is 44.8 Å². The summed E-state index contributed by atoms with van der Waals surface area (Å²) in [5, 5.41) is 0.154. The number of carbonyl (C=O) groups is 2. The van der Waals surface area contributed by atoms with Crippen LogP contribution >= 0.6 is 23.2 Å². The highest BCUT2D eigenvalue weighted by Gasteiger charge is 2.48. The summed E-state index contributed by atoms with van der Waals surface area (Å²) in [5.74, 6) is -5.08. The van der Waals surface area contributed by atoms with Crippen molar-refractivity contribution in [2.75, 3.05) is 13.2 Å². The molecule has 0 aliphatic heterocycles. The van der Waals surface area contributed by atoms with Crippen LogP contribution in [-0.2, 0) is 14.3 Å². The Balaban J connectivity index is 3.16. The number of ether oxygens (including phenoxy) is 2. The maximum absolute atomic E-state index is 12.9. The minimum atomic E-state index is -5.41. The van der Waals surface area contributed by atoms with Gasteiger partial charge in [0.05, 0.1) is 11.6 Å². The number of esters is 1. The second-order valence-corrected chi connectivity index (χ2v) is 7.84. The molecule has 0 radical (unpaired) electrons. The standard InChI is InChI=1S/C17H17Cl2F6NO4/c1-15(2,3)26(13(27)16(20,21)22)7-10(30-14(28)17(23,24)25)8-29-12-6-9(18)4-5-11(12)19/h4-6,10H,7-8H2,1-3H3. The lowest BCUT2D eigenvalue weighted by molar-refractivity contribution is -0.210. The molecule has 0 heterocycles. The molecule has 0 N–H and O–H groups in total. The van der Waals surface area contributed by atoms with E-state index in [1.54, 1.807) is 0 Å². The van der Waals surface area contributed by atoms with Crippen molar-refractivity contribution < 1.29 is 45.4 Å². The van der Waals surface area contributed by atoms with Gasteiger partial charge in [-0.1, -0.05) is 23.2 Å². The van der Waals surface area contributed by atoms with Gasteiger partial charge in [0.25, 0.3) is 0 Å². The average molecular weight is 484 g/mol. The van der Waals surface area contributed by atoms with Gasteiger partial charge in [-0.3, -0.25) is 4.79 Å². The summed E-state index contributed by atoms with van der Waals surface area (Å²) in [4.78, 5) is 23.2. The third kappa shape index (κ3) is 7.75. The van der Waals surface area contributed by atoms with Crippen LogP contribution in [0.25, 0.3) is 0 Å². The van der Waals surface area contributed by atoms with E-state index >= 15 is 0 Å². The van der Waals surface area contributed by atoms with Crippen LogP contribution in [0, 0.1) is 0 Å². The highest BCUT2D eigenvalue weighted by Crippen LogP contribution is 2.29. The van der Waals surface area contributed by atoms with E-state index in [1.165, 1.54) is 39.0 Å². The summed E-state index contributed by atoms with van der Waals surface area (Å²) in [6, 6.07) is 3.90. The monoisotopic (exact) mass is 483 g/mol. The van der Waals surface area contributed by atoms with E-state index in [4.69, 9.17) is 27.9 Å². The van der Waals surface area contributed by atoms with Gasteiger partial charge < -0.3 is 14.4 Å². The summed E-state index contributed by atoms with van der Waals surface area (Å²) in [6.45, 7) is 1.83. The first-order valence-electron chi connectivity index (χ1n) is 8.17. The quantitative estimate of drug-likeness (QED) is 0.420. The molecule has 0 bridgehead atoms. The molecule has 0 aromatic heterocycles. The second-order valence-electron chi connectivity index (χ2n) is 7.00. The third-order valence-corrected chi connectivity index (χ3v) is 4.05. The van der Waals surface area contributed by atoms with Crippen molar-refractivity contribution in [1.29, 1.82) is 0 Å². The highest BCUT2D eigenvalue weighted by atomic mass is 35.5. The molecule has 30 heavy (non-hydrogen) atoms. The lowest BCUT2D eigenvalue weighted by atomic mass is 10.0. The number of alkyl halides is 6. The van der Waals surface area contributed by atoms with Crippen molar-refractivity contribution in [3.8, 4) is 5.75 Å². The summed E-state index contributed by atoms with van der Waals surface area (Å²) >= 11 is 11.6. The van der Waals surface area contributed by atoms with E-state index in [2.05, 4.69) is 4.74 Å². The highest BCUT2D eigenvalue weighted by molar-refractivity contribution is 6.34. The topological polar surface area (TPSA) is 55.8 Å². The van der Waals surface area contributed by atoms with Crippen LogP contribution in [-0.4, -0.2) is 53.9 Å². The lowest BCUT2D eigenvalue weighted by Gasteiger charge is -2.38. The Morgan fingerprint density at radius 2 is 1.60 bits per heavy atom. The Kier molecular flexibility index (Phi) is 8.29. The SMILES string of the molecule is CC(C)(C)N(CC(COc1cc(Cl)ccc1Cl)OC(=O)C(F)(F)F)C(=O)C(F)(F)F. The lowest BCUT2D eigenvalue weighted by Crippen LogP contribution is -2.55. The number of rotatable bonds is 6. The van der Waals surface area contributed by atoms with Crippen molar-refractivity contribution in [1.82, 2.24) is 4.90 Å². The smallest absolute Gasteiger partial charge is 0.488 e. The molecule has 170 valence electrons. The molecule has 1 amide bonds. The molecular weight excluding hydrogens is 467 g/mol. The molecule has 1 unspecified atom stereocenters. The Morgan fingerprint density at radius 1 is 1.03 bits per heavy atom. The maximum atomic E-state index is 12.9. The molecular formula is C17H17Cl2F6NO4. The number of carbonyl (C=O) groups excluding carboxylic acids is 2. The van der Waals surface area contributed by atoms with Crippen molar-refractivity contribution in [3.05, 3.63) is 28.2 Å². The zero-order valence-electron chi connectivity index (χ0n) is 15.8. The van der Waals surface area contributed by atoms with Gasteiger partial charge in [-0.25, -0.2) is 4.79 Å². The molecule has 13 heteroatoms. The minimum Gasteiger partial charge on any atom is -0.488 e. The van der Waals surface area contributed by atoms with Gasteiger partial charge in [0.1, 0.15) is 12.4 Å². The first-order chi connectivity index (χ1) is 13.4.